The molecule has 1 aromatic rings. The summed E-state index contributed by atoms with van der Waals surface area (Å²) >= 11 is 1.93. The fraction of sp³-hybridized carbons (Fsp3) is 0.250. The van der Waals surface area contributed by atoms with Crippen molar-refractivity contribution in [3.63, 3.8) is 0 Å². The van der Waals surface area contributed by atoms with Crippen LogP contribution in [-0.2, 0) is 9.59 Å². The summed E-state index contributed by atoms with van der Waals surface area (Å²) in [4.78, 5) is 33.4. The third kappa shape index (κ3) is 4.44. The highest BCUT2D eigenvalue weighted by molar-refractivity contribution is 14.1. The maximum absolute atomic E-state index is 11.6. The number of esters is 2. The van der Waals surface area contributed by atoms with E-state index >= 15 is 0 Å². The minimum Gasteiger partial charge on any atom is -0.427 e. The Hall–Kier alpha value is -1.44. The van der Waals surface area contributed by atoms with Crippen LogP contribution >= 0.6 is 22.6 Å². The van der Waals surface area contributed by atoms with E-state index in [4.69, 9.17) is 9.47 Å². The van der Waals surface area contributed by atoms with Crippen molar-refractivity contribution >= 4 is 40.3 Å². The molecule has 0 saturated heterocycles. The summed E-state index contributed by atoms with van der Waals surface area (Å²) in [5.74, 6) is -0.812. The molecule has 0 fully saturated rings. The second-order valence-electron chi connectivity index (χ2n) is 3.44. The molecule has 5 nitrogen and oxygen atoms in total. The van der Waals surface area contributed by atoms with E-state index in [9.17, 15) is 14.4 Å². The van der Waals surface area contributed by atoms with E-state index in [-0.39, 0.29) is 21.7 Å². The molecule has 0 spiro atoms. The second-order valence-corrected chi connectivity index (χ2v) is 4.20. The summed E-state index contributed by atoms with van der Waals surface area (Å²) in [6.45, 7) is 2.50. The predicted octanol–water partition coefficient (Wildman–Crippen LogP) is 2.15. The number of Topliss-reactive ketones (excluding diaryl/α,β-unsaturated/α-hetero) is 1. The molecule has 0 N–H and O–H groups in total. The molecule has 0 aliphatic carbocycles. The number of hydrogen-bond donors (Lipinski definition) is 0. The van der Waals surface area contributed by atoms with Crippen LogP contribution in [0.25, 0.3) is 0 Å². The molecule has 1 aromatic carbocycles. The standard InChI is InChI=1S/C12H11IO5/c1-7(14)17-10-3-9(12(16)6-13)4-11(5-10)18-8(2)15/h3-5H,6H2,1-2H3. The van der Waals surface area contributed by atoms with E-state index in [1.54, 1.807) is 0 Å². The van der Waals surface area contributed by atoms with Crippen LogP contribution in [0.5, 0.6) is 11.5 Å². The summed E-state index contributed by atoms with van der Waals surface area (Å²) in [5.41, 5.74) is 0.333. The van der Waals surface area contributed by atoms with Gasteiger partial charge in [-0.3, -0.25) is 14.4 Å². The van der Waals surface area contributed by atoms with Gasteiger partial charge in [0.2, 0.25) is 0 Å². The maximum atomic E-state index is 11.6. The number of ether oxygens (including phenoxy) is 2. The van der Waals surface area contributed by atoms with Gasteiger partial charge >= 0.3 is 11.9 Å². The molecule has 0 amide bonds. The number of carbonyl (C=O) groups excluding carboxylic acids is 3. The van der Waals surface area contributed by atoms with Crippen molar-refractivity contribution in [3.8, 4) is 11.5 Å². The van der Waals surface area contributed by atoms with Crippen molar-refractivity contribution in [2.75, 3.05) is 4.43 Å². The molecule has 0 saturated carbocycles. The molecule has 0 unspecified atom stereocenters. The molecule has 0 aliphatic heterocycles. The van der Waals surface area contributed by atoms with Crippen LogP contribution in [0.4, 0.5) is 0 Å². The lowest BCUT2D eigenvalue weighted by Crippen LogP contribution is -2.07. The molecule has 0 aromatic heterocycles. The van der Waals surface area contributed by atoms with Gasteiger partial charge in [-0.05, 0) is 12.1 Å². The van der Waals surface area contributed by atoms with Gasteiger partial charge in [0, 0.05) is 25.5 Å². The molecule has 18 heavy (non-hydrogen) atoms. The quantitative estimate of drug-likeness (QED) is 0.270. The van der Waals surface area contributed by atoms with E-state index in [1.807, 2.05) is 22.6 Å². The Morgan fingerprint density at radius 1 is 1.00 bits per heavy atom. The molecule has 0 atom stereocenters. The Balaban J connectivity index is 3.14. The zero-order valence-corrected chi connectivity index (χ0v) is 12.0. The van der Waals surface area contributed by atoms with E-state index in [0.717, 1.165) is 0 Å². The van der Waals surface area contributed by atoms with Crippen LogP contribution in [0, 0.1) is 0 Å². The molecule has 0 heterocycles. The molecule has 0 radical (unpaired) electrons. The zero-order valence-electron chi connectivity index (χ0n) is 9.86. The van der Waals surface area contributed by atoms with Gasteiger partial charge in [0.1, 0.15) is 11.5 Å². The third-order valence-electron chi connectivity index (χ3n) is 1.85. The van der Waals surface area contributed by atoms with Crippen LogP contribution in [0.2, 0.25) is 0 Å². The highest BCUT2D eigenvalue weighted by Crippen LogP contribution is 2.24. The van der Waals surface area contributed by atoms with E-state index in [0.29, 0.717) is 5.56 Å². The van der Waals surface area contributed by atoms with Gasteiger partial charge in [-0.15, -0.1) is 0 Å². The van der Waals surface area contributed by atoms with Crippen molar-refractivity contribution in [1.82, 2.24) is 0 Å². The molecule has 0 aliphatic rings. The van der Waals surface area contributed by atoms with Gasteiger partial charge in [-0.2, -0.15) is 0 Å². The van der Waals surface area contributed by atoms with Gasteiger partial charge in [0.05, 0.1) is 4.43 Å². The van der Waals surface area contributed by atoms with Crippen LogP contribution in [0.3, 0.4) is 0 Å². The average Bonchev–Trinajstić information content (AvgIpc) is 2.25. The van der Waals surface area contributed by atoms with E-state index in [1.165, 1.54) is 32.0 Å². The third-order valence-corrected chi connectivity index (χ3v) is 2.54. The van der Waals surface area contributed by atoms with Gasteiger partial charge in [0.25, 0.3) is 0 Å². The van der Waals surface area contributed by atoms with E-state index < -0.39 is 11.9 Å². The minimum atomic E-state index is -0.511. The van der Waals surface area contributed by atoms with Crippen molar-refractivity contribution in [2.24, 2.45) is 0 Å². The first-order chi connectivity index (χ1) is 8.42. The second kappa shape index (κ2) is 6.48. The number of hydrogen-bond acceptors (Lipinski definition) is 5. The van der Waals surface area contributed by atoms with Crippen molar-refractivity contribution in [1.29, 1.82) is 0 Å². The number of alkyl halides is 1. The van der Waals surface area contributed by atoms with Crippen LogP contribution in [0.15, 0.2) is 18.2 Å². The monoisotopic (exact) mass is 362 g/mol. The Kier molecular flexibility index (Phi) is 5.26. The van der Waals surface area contributed by atoms with Crippen molar-refractivity contribution in [2.45, 2.75) is 13.8 Å². The molecule has 96 valence electrons. The summed E-state index contributed by atoms with van der Waals surface area (Å²) in [6, 6.07) is 4.26. The van der Waals surface area contributed by atoms with Gasteiger partial charge < -0.3 is 9.47 Å². The summed E-state index contributed by atoms with van der Waals surface area (Å²) in [6.07, 6.45) is 0. The van der Waals surface area contributed by atoms with Gasteiger partial charge in [-0.1, -0.05) is 22.6 Å². The lowest BCUT2D eigenvalue weighted by atomic mass is 10.1. The molecular weight excluding hydrogens is 351 g/mol. The van der Waals surface area contributed by atoms with Gasteiger partial charge in [0.15, 0.2) is 5.78 Å². The summed E-state index contributed by atoms with van der Waals surface area (Å²) in [7, 11) is 0. The fourth-order valence-electron chi connectivity index (χ4n) is 1.26. The number of carbonyl (C=O) groups is 3. The zero-order chi connectivity index (χ0) is 13.7. The SMILES string of the molecule is CC(=O)Oc1cc(OC(C)=O)cc(C(=O)CI)c1. The van der Waals surface area contributed by atoms with Crippen molar-refractivity contribution < 1.29 is 23.9 Å². The fourth-order valence-corrected chi connectivity index (χ4v) is 1.70. The Morgan fingerprint density at radius 2 is 1.44 bits per heavy atom. The molecule has 0 bridgehead atoms. The van der Waals surface area contributed by atoms with Crippen LogP contribution in [-0.4, -0.2) is 22.1 Å². The lowest BCUT2D eigenvalue weighted by molar-refractivity contribution is -0.132. The largest absolute Gasteiger partial charge is 0.427 e. The van der Waals surface area contributed by atoms with Gasteiger partial charge in [-0.25, -0.2) is 0 Å². The Morgan fingerprint density at radius 3 is 1.78 bits per heavy atom. The first-order valence-corrected chi connectivity index (χ1v) is 6.56. The topological polar surface area (TPSA) is 69.7 Å². The predicted molar refractivity (Wildman–Crippen MR) is 72.3 cm³/mol. The molecule has 6 heteroatoms. The van der Waals surface area contributed by atoms with Crippen LogP contribution in [0.1, 0.15) is 24.2 Å². The number of benzene rings is 1. The highest BCUT2D eigenvalue weighted by atomic mass is 127. The Labute approximate surface area is 118 Å². The normalized spacial score (nSPS) is 9.72. The first-order valence-electron chi connectivity index (χ1n) is 5.03. The van der Waals surface area contributed by atoms with Crippen molar-refractivity contribution in [3.05, 3.63) is 23.8 Å². The number of ketones is 1. The first kappa shape index (κ1) is 14.6. The minimum absolute atomic E-state index is 0.141. The lowest BCUT2D eigenvalue weighted by Gasteiger charge is -2.07. The maximum Gasteiger partial charge on any atom is 0.308 e. The molecular formula is C12H11IO5. The summed E-state index contributed by atoms with van der Waals surface area (Å²) < 4.78 is 10.1. The summed E-state index contributed by atoms with van der Waals surface area (Å²) in [5, 5.41) is 0. The smallest absolute Gasteiger partial charge is 0.308 e. The number of rotatable bonds is 4. The Bertz CT molecular complexity index is 461. The van der Waals surface area contributed by atoms with E-state index in [2.05, 4.69) is 0 Å². The number of halogens is 1. The molecule has 1 rings (SSSR count). The highest BCUT2D eigenvalue weighted by Gasteiger charge is 2.11. The average molecular weight is 362 g/mol. The van der Waals surface area contributed by atoms with Crippen LogP contribution < -0.4 is 9.47 Å².